The highest BCUT2D eigenvalue weighted by molar-refractivity contribution is 9.10. The molecule has 0 aliphatic heterocycles. The van der Waals surface area contributed by atoms with Crippen LogP contribution in [0.4, 0.5) is 5.82 Å². The van der Waals surface area contributed by atoms with E-state index in [4.69, 9.17) is 0 Å². The first-order chi connectivity index (χ1) is 8.90. The Bertz CT molecular complexity index is 717. The number of nitrogens with one attached hydrogen (secondary N) is 1. The summed E-state index contributed by atoms with van der Waals surface area (Å²) in [4.78, 5) is 4.21. The molecule has 0 aliphatic rings. The summed E-state index contributed by atoms with van der Waals surface area (Å²) in [5, 5.41) is 0. The largest absolute Gasteiger partial charge is 0.264 e. The van der Waals surface area contributed by atoms with E-state index < -0.39 is 10.0 Å². The predicted octanol–water partition coefficient (Wildman–Crippen LogP) is 3.72. The second-order valence-corrected chi connectivity index (χ2v) is 7.21. The molecule has 0 amide bonds. The van der Waals surface area contributed by atoms with Crippen molar-refractivity contribution in [2.24, 2.45) is 0 Å². The van der Waals surface area contributed by atoms with Crippen molar-refractivity contribution in [3.05, 3.63) is 51.0 Å². The molecule has 2 aromatic rings. The van der Waals surface area contributed by atoms with Crippen LogP contribution in [0.1, 0.15) is 5.56 Å². The van der Waals surface area contributed by atoms with Crippen LogP contribution in [0.3, 0.4) is 0 Å². The molecule has 7 heteroatoms. The van der Waals surface area contributed by atoms with Gasteiger partial charge in [-0.3, -0.25) is 4.72 Å². The van der Waals surface area contributed by atoms with Crippen LogP contribution in [-0.4, -0.2) is 13.4 Å². The fraction of sp³-hybridized carbons (Fsp3) is 0.0833. The summed E-state index contributed by atoms with van der Waals surface area (Å²) >= 11 is 6.54. The molecule has 1 N–H and O–H groups in total. The molecule has 0 unspecified atom stereocenters. The normalized spacial score (nSPS) is 11.3. The standard InChI is InChI=1S/C12H10Br2N2O2S/c1-8-6-12(15-7-10(8)14)16-19(17,18)11-5-3-2-4-9(11)13/h2-7H,1H3,(H,15,16). The maximum absolute atomic E-state index is 12.2. The van der Waals surface area contributed by atoms with Gasteiger partial charge < -0.3 is 0 Å². The predicted molar refractivity (Wildman–Crippen MR) is 81.6 cm³/mol. The van der Waals surface area contributed by atoms with Crippen molar-refractivity contribution in [3.8, 4) is 0 Å². The fourth-order valence-electron chi connectivity index (χ4n) is 1.45. The van der Waals surface area contributed by atoms with E-state index in [1.54, 1.807) is 30.5 Å². The smallest absolute Gasteiger partial charge is 0.263 e. The summed E-state index contributed by atoms with van der Waals surface area (Å²) in [7, 11) is -3.65. The molecule has 1 heterocycles. The second kappa shape index (κ2) is 5.60. The van der Waals surface area contributed by atoms with Crippen molar-refractivity contribution in [3.63, 3.8) is 0 Å². The van der Waals surface area contributed by atoms with E-state index in [0.717, 1.165) is 10.0 Å². The molecule has 0 saturated carbocycles. The van der Waals surface area contributed by atoms with Gasteiger partial charge in [-0.25, -0.2) is 13.4 Å². The molecule has 0 saturated heterocycles. The van der Waals surface area contributed by atoms with Gasteiger partial charge in [0.05, 0.1) is 0 Å². The Morgan fingerprint density at radius 2 is 1.84 bits per heavy atom. The average molecular weight is 406 g/mol. The molecule has 0 radical (unpaired) electrons. The molecule has 4 nitrogen and oxygen atoms in total. The molecule has 0 atom stereocenters. The summed E-state index contributed by atoms with van der Waals surface area (Å²) < 4.78 is 28.2. The van der Waals surface area contributed by atoms with Gasteiger partial charge in [-0.1, -0.05) is 12.1 Å². The maximum Gasteiger partial charge on any atom is 0.264 e. The van der Waals surface area contributed by atoms with E-state index in [2.05, 4.69) is 41.6 Å². The minimum absolute atomic E-state index is 0.178. The lowest BCUT2D eigenvalue weighted by Crippen LogP contribution is -2.14. The number of pyridine rings is 1. The van der Waals surface area contributed by atoms with Gasteiger partial charge in [0.1, 0.15) is 10.7 Å². The Morgan fingerprint density at radius 3 is 2.47 bits per heavy atom. The molecule has 1 aromatic carbocycles. The Balaban J connectivity index is 2.37. The first-order valence-corrected chi connectivity index (χ1v) is 8.36. The van der Waals surface area contributed by atoms with Crippen molar-refractivity contribution in [2.45, 2.75) is 11.8 Å². The van der Waals surface area contributed by atoms with Gasteiger partial charge in [-0.2, -0.15) is 0 Å². The van der Waals surface area contributed by atoms with Crippen molar-refractivity contribution in [1.29, 1.82) is 0 Å². The van der Waals surface area contributed by atoms with Crippen LogP contribution in [0.2, 0.25) is 0 Å². The maximum atomic E-state index is 12.2. The van der Waals surface area contributed by atoms with E-state index in [1.165, 1.54) is 6.07 Å². The number of benzene rings is 1. The van der Waals surface area contributed by atoms with Crippen molar-refractivity contribution in [1.82, 2.24) is 4.98 Å². The molecular weight excluding hydrogens is 396 g/mol. The number of rotatable bonds is 3. The highest BCUT2D eigenvalue weighted by Gasteiger charge is 2.17. The lowest BCUT2D eigenvalue weighted by atomic mass is 10.3. The van der Waals surface area contributed by atoms with Crippen LogP contribution in [0.15, 0.2) is 50.4 Å². The summed E-state index contributed by atoms with van der Waals surface area (Å²) in [5.74, 6) is 0.288. The first-order valence-electron chi connectivity index (χ1n) is 5.29. The topological polar surface area (TPSA) is 59.1 Å². The minimum atomic E-state index is -3.65. The summed E-state index contributed by atoms with van der Waals surface area (Å²) in [6.07, 6.45) is 1.56. The van der Waals surface area contributed by atoms with Crippen LogP contribution in [-0.2, 0) is 10.0 Å². The third kappa shape index (κ3) is 3.34. The Morgan fingerprint density at radius 1 is 1.16 bits per heavy atom. The summed E-state index contributed by atoms with van der Waals surface area (Å²) in [6.45, 7) is 1.86. The zero-order valence-corrected chi connectivity index (χ0v) is 13.9. The van der Waals surface area contributed by atoms with Gasteiger partial charge in [0, 0.05) is 15.1 Å². The molecule has 0 spiro atoms. The van der Waals surface area contributed by atoms with Crippen molar-refractivity contribution < 1.29 is 8.42 Å². The Hall–Kier alpha value is -0.920. The summed E-state index contributed by atoms with van der Waals surface area (Å²) in [5.41, 5.74) is 0.903. The molecule has 100 valence electrons. The van der Waals surface area contributed by atoms with Crippen LogP contribution in [0.25, 0.3) is 0 Å². The number of hydrogen-bond donors (Lipinski definition) is 1. The number of sulfonamides is 1. The number of hydrogen-bond acceptors (Lipinski definition) is 3. The van der Waals surface area contributed by atoms with E-state index >= 15 is 0 Å². The highest BCUT2D eigenvalue weighted by Crippen LogP contribution is 2.24. The number of aryl methyl sites for hydroxylation is 1. The molecule has 1 aromatic heterocycles. The molecule has 0 bridgehead atoms. The van der Waals surface area contributed by atoms with Gasteiger partial charge in [0.15, 0.2) is 0 Å². The number of anilines is 1. The van der Waals surface area contributed by atoms with E-state index in [-0.39, 0.29) is 10.7 Å². The molecular formula is C12H10Br2N2O2S. The fourth-order valence-corrected chi connectivity index (χ4v) is 3.67. The van der Waals surface area contributed by atoms with Crippen LogP contribution in [0, 0.1) is 6.92 Å². The quantitative estimate of drug-likeness (QED) is 0.846. The lowest BCUT2D eigenvalue weighted by Gasteiger charge is -2.09. The minimum Gasteiger partial charge on any atom is -0.263 e. The average Bonchev–Trinajstić information content (AvgIpc) is 2.34. The zero-order valence-electron chi connectivity index (χ0n) is 9.89. The first kappa shape index (κ1) is 14.5. The van der Waals surface area contributed by atoms with E-state index in [9.17, 15) is 8.42 Å². The lowest BCUT2D eigenvalue weighted by molar-refractivity contribution is 0.600. The molecule has 0 fully saturated rings. The van der Waals surface area contributed by atoms with Gasteiger partial charge in [0.2, 0.25) is 0 Å². The van der Waals surface area contributed by atoms with Crippen LogP contribution in [0.5, 0.6) is 0 Å². The molecule has 19 heavy (non-hydrogen) atoms. The van der Waals surface area contributed by atoms with Gasteiger partial charge in [-0.15, -0.1) is 0 Å². The van der Waals surface area contributed by atoms with Gasteiger partial charge >= 0.3 is 0 Å². The monoisotopic (exact) mass is 404 g/mol. The van der Waals surface area contributed by atoms with Crippen LogP contribution >= 0.6 is 31.9 Å². The second-order valence-electron chi connectivity index (χ2n) is 3.85. The van der Waals surface area contributed by atoms with Crippen molar-refractivity contribution in [2.75, 3.05) is 4.72 Å². The van der Waals surface area contributed by atoms with Crippen molar-refractivity contribution >= 4 is 47.7 Å². The third-order valence-corrected chi connectivity index (χ3v) is 5.61. The SMILES string of the molecule is Cc1cc(NS(=O)(=O)c2ccccc2Br)ncc1Br. The highest BCUT2D eigenvalue weighted by atomic mass is 79.9. The number of aromatic nitrogens is 1. The van der Waals surface area contributed by atoms with Crippen LogP contribution < -0.4 is 4.72 Å². The molecule has 0 aliphatic carbocycles. The van der Waals surface area contributed by atoms with Gasteiger partial charge in [-0.05, 0) is 62.5 Å². The number of halogens is 2. The molecule has 2 rings (SSSR count). The Kier molecular flexibility index (Phi) is 4.27. The number of nitrogens with zero attached hydrogens (tertiary/aromatic N) is 1. The summed E-state index contributed by atoms with van der Waals surface area (Å²) in [6, 6.07) is 8.29. The van der Waals surface area contributed by atoms with E-state index in [0.29, 0.717) is 4.47 Å². The zero-order chi connectivity index (χ0) is 14.0. The van der Waals surface area contributed by atoms with E-state index in [1.807, 2.05) is 6.92 Å². The van der Waals surface area contributed by atoms with Gasteiger partial charge in [0.25, 0.3) is 10.0 Å². The Labute approximate surface area is 128 Å². The third-order valence-electron chi connectivity index (χ3n) is 2.41.